The summed E-state index contributed by atoms with van der Waals surface area (Å²) in [4.78, 5) is 11.5. The number of aryl methyl sites for hydroxylation is 1. The van der Waals surface area contributed by atoms with Gasteiger partial charge in [0.25, 0.3) is 0 Å². The largest absolute Gasteiger partial charge is 0.384 e. The summed E-state index contributed by atoms with van der Waals surface area (Å²) in [5, 5.41) is 13.3. The molecule has 2 N–H and O–H groups in total. The van der Waals surface area contributed by atoms with Crippen LogP contribution in [0.2, 0.25) is 0 Å². The highest BCUT2D eigenvalue weighted by atomic mass is 19.1. The lowest BCUT2D eigenvalue weighted by Crippen LogP contribution is -2.07. The molecule has 1 atom stereocenters. The number of amides is 1. The van der Waals surface area contributed by atoms with E-state index in [-0.39, 0.29) is 11.7 Å². The lowest BCUT2D eigenvalue weighted by Gasteiger charge is -2.16. The van der Waals surface area contributed by atoms with E-state index in [1.807, 2.05) is 19.1 Å². The number of hydrogen-bond donors (Lipinski definition) is 2. The summed E-state index contributed by atoms with van der Waals surface area (Å²) >= 11 is 0. The Hall–Kier alpha value is -2.20. The smallest absolute Gasteiger partial charge is 0.228 e. The Morgan fingerprint density at radius 3 is 2.65 bits per heavy atom. The van der Waals surface area contributed by atoms with E-state index in [1.165, 1.54) is 12.1 Å². The fourth-order valence-corrected chi connectivity index (χ4v) is 2.58. The first-order chi connectivity index (χ1) is 9.54. The van der Waals surface area contributed by atoms with Crippen LogP contribution >= 0.6 is 0 Å². The van der Waals surface area contributed by atoms with Crippen LogP contribution < -0.4 is 5.32 Å². The molecule has 1 heterocycles. The van der Waals surface area contributed by atoms with Crippen LogP contribution in [0.25, 0.3) is 0 Å². The van der Waals surface area contributed by atoms with Crippen molar-refractivity contribution in [2.75, 3.05) is 5.32 Å². The number of fused-ring (bicyclic) bond motifs is 1. The molecule has 20 heavy (non-hydrogen) atoms. The molecule has 3 nitrogen and oxygen atoms in total. The number of nitrogens with one attached hydrogen (secondary N) is 1. The van der Waals surface area contributed by atoms with Gasteiger partial charge in [0.1, 0.15) is 11.9 Å². The van der Waals surface area contributed by atoms with Gasteiger partial charge in [0, 0.05) is 5.56 Å². The Morgan fingerprint density at radius 1 is 1.25 bits per heavy atom. The zero-order valence-corrected chi connectivity index (χ0v) is 11.0. The molecule has 4 heteroatoms. The molecule has 0 fully saturated rings. The quantitative estimate of drug-likeness (QED) is 0.882. The Bertz CT molecular complexity index is 680. The Labute approximate surface area is 116 Å². The van der Waals surface area contributed by atoms with Crippen LogP contribution in [0.5, 0.6) is 0 Å². The normalized spacial score (nSPS) is 14.8. The van der Waals surface area contributed by atoms with Crippen LogP contribution in [-0.2, 0) is 11.2 Å². The van der Waals surface area contributed by atoms with Crippen LogP contribution in [0.15, 0.2) is 36.4 Å². The summed E-state index contributed by atoms with van der Waals surface area (Å²) in [5.41, 5.74) is 3.80. The van der Waals surface area contributed by atoms with Crippen molar-refractivity contribution in [1.29, 1.82) is 0 Å². The molecule has 2 aromatic rings. The molecular formula is C16H14FNO2. The van der Waals surface area contributed by atoms with Gasteiger partial charge >= 0.3 is 0 Å². The second kappa shape index (κ2) is 4.72. The van der Waals surface area contributed by atoms with Crippen LogP contribution in [-0.4, -0.2) is 11.0 Å². The summed E-state index contributed by atoms with van der Waals surface area (Å²) in [6.07, 6.45) is -0.553. The minimum Gasteiger partial charge on any atom is -0.384 e. The molecule has 3 rings (SSSR count). The molecule has 0 radical (unpaired) electrons. The van der Waals surface area contributed by atoms with Crippen LogP contribution in [0.4, 0.5) is 10.1 Å². The molecule has 0 bridgehead atoms. The van der Waals surface area contributed by atoms with Gasteiger partial charge in [-0.2, -0.15) is 0 Å². The molecule has 0 saturated heterocycles. The average molecular weight is 271 g/mol. The minimum atomic E-state index is -0.886. The zero-order chi connectivity index (χ0) is 14.3. The Kier molecular flexibility index (Phi) is 3.03. The number of carbonyl (C=O) groups excluding carboxylic acids is 1. The van der Waals surface area contributed by atoms with Crippen molar-refractivity contribution >= 4 is 11.6 Å². The number of rotatable bonds is 2. The summed E-state index contributed by atoms with van der Waals surface area (Å²) in [5.74, 6) is -0.415. The van der Waals surface area contributed by atoms with E-state index in [9.17, 15) is 14.3 Å². The number of aliphatic hydroxyl groups is 1. The zero-order valence-electron chi connectivity index (χ0n) is 11.0. The van der Waals surface area contributed by atoms with Gasteiger partial charge in [-0.05, 0) is 30.2 Å². The van der Waals surface area contributed by atoms with Crippen molar-refractivity contribution in [2.24, 2.45) is 0 Å². The molecule has 2 aromatic carbocycles. The van der Waals surface area contributed by atoms with Gasteiger partial charge in [-0.3, -0.25) is 4.79 Å². The van der Waals surface area contributed by atoms with Crippen LogP contribution in [0, 0.1) is 12.7 Å². The highest BCUT2D eigenvalue weighted by Gasteiger charge is 2.25. The molecule has 1 aliphatic rings. The SMILES string of the molecule is Cc1cc2c(c(C(O)c3ccc(F)cc3)c1)NC(=O)C2. The third kappa shape index (κ3) is 2.18. The second-order valence-corrected chi connectivity index (χ2v) is 5.07. The van der Waals surface area contributed by atoms with Gasteiger partial charge in [-0.15, -0.1) is 0 Å². The predicted molar refractivity (Wildman–Crippen MR) is 74.0 cm³/mol. The molecule has 0 aliphatic carbocycles. The first-order valence-corrected chi connectivity index (χ1v) is 6.41. The predicted octanol–water partition coefficient (Wildman–Crippen LogP) is 2.71. The third-order valence-corrected chi connectivity index (χ3v) is 3.49. The van der Waals surface area contributed by atoms with Gasteiger partial charge in [0.05, 0.1) is 12.1 Å². The third-order valence-electron chi connectivity index (χ3n) is 3.49. The van der Waals surface area contributed by atoms with E-state index in [1.54, 1.807) is 12.1 Å². The Morgan fingerprint density at radius 2 is 1.95 bits per heavy atom. The van der Waals surface area contributed by atoms with Crippen molar-refractivity contribution in [3.8, 4) is 0 Å². The molecule has 102 valence electrons. The van der Waals surface area contributed by atoms with Gasteiger partial charge < -0.3 is 10.4 Å². The molecule has 1 aliphatic heterocycles. The number of hydrogen-bond acceptors (Lipinski definition) is 2. The lowest BCUT2D eigenvalue weighted by molar-refractivity contribution is -0.115. The summed E-state index contributed by atoms with van der Waals surface area (Å²) in [7, 11) is 0. The number of benzene rings is 2. The summed E-state index contributed by atoms with van der Waals surface area (Å²) in [6.45, 7) is 1.92. The molecular weight excluding hydrogens is 257 g/mol. The van der Waals surface area contributed by atoms with Crippen LogP contribution in [0.3, 0.4) is 0 Å². The van der Waals surface area contributed by atoms with Crippen molar-refractivity contribution in [3.05, 3.63) is 64.5 Å². The van der Waals surface area contributed by atoms with Gasteiger partial charge in [-0.1, -0.05) is 29.8 Å². The number of carbonyl (C=O) groups is 1. The van der Waals surface area contributed by atoms with Gasteiger partial charge in [0.2, 0.25) is 5.91 Å². The molecule has 1 amide bonds. The molecule has 0 spiro atoms. The van der Waals surface area contributed by atoms with E-state index in [0.717, 1.165) is 11.1 Å². The maximum Gasteiger partial charge on any atom is 0.228 e. The highest BCUT2D eigenvalue weighted by molar-refractivity contribution is 6.00. The van der Waals surface area contributed by atoms with Crippen molar-refractivity contribution < 1.29 is 14.3 Å². The van der Waals surface area contributed by atoms with Gasteiger partial charge in [0.15, 0.2) is 0 Å². The molecule has 0 aromatic heterocycles. The first-order valence-electron chi connectivity index (χ1n) is 6.41. The number of halogens is 1. The van der Waals surface area contributed by atoms with E-state index in [4.69, 9.17) is 0 Å². The highest BCUT2D eigenvalue weighted by Crippen LogP contribution is 2.35. The standard InChI is InChI=1S/C16H14FNO2/c1-9-6-11-8-14(19)18-15(11)13(7-9)16(20)10-2-4-12(17)5-3-10/h2-7,16,20H,8H2,1H3,(H,18,19). The average Bonchev–Trinajstić information content (AvgIpc) is 2.78. The monoisotopic (exact) mass is 271 g/mol. The van der Waals surface area contributed by atoms with Crippen molar-refractivity contribution in [2.45, 2.75) is 19.4 Å². The first kappa shape index (κ1) is 12.8. The van der Waals surface area contributed by atoms with Gasteiger partial charge in [-0.25, -0.2) is 4.39 Å². The number of aliphatic hydroxyl groups excluding tert-OH is 1. The molecule has 0 saturated carbocycles. The van der Waals surface area contributed by atoms with E-state index in [0.29, 0.717) is 23.2 Å². The van der Waals surface area contributed by atoms with Crippen molar-refractivity contribution in [3.63, 3.8) is 0 Å². The Balaban J connectivity index is 2.06. The van der Waals surface area contributed by atoms with E-state index in [2.05, 4.69) is 5.32 Å². The van der Waals surface area contributed by atoms with E-state index >= 15 is 0 Å². The summed E-state index contributed by atoms with van der Waals surface area (Å²) < 4.78 is 12.9. The second-order valence-electron chi connectivity index (χ2n) is 5.07. The number of anilines is 1. The fraction of sp³-hybridized carbons (Fsp3) is 0.188. The van der Waals surface area contributed by atoms with Crippen LogP contribution in [0.1, 0.15) is 28.4 Å². The fourth-order valence-electron chi connectivity index (χ4n) is 2.58. The molecule has 1 unspecified atom stereocenters. The maximum atomic E-state index is 12.9. The lowest BCUT2D eigenvalue weighted by atomic mass is 9.95. The minimum absolute atomic E-state index is 0.0712. The summed E-state index contributed by atoms with van der Waals surface area (Å²) in [6, 6.07) is 9.50. The maximum absolute atomic E-state index is 12.9. The van der Waals surface area contributed by atoms with Crippen molar-refractivity contribution in [1.82, 2.24) is 0 Å². The topological polar surface area (TPSA) is 49.3 Å². The van der Waals surface area contributed by atoms with E-state index < -0.39 is 6.10 Å².